The van der Waals surface area contributed by atoms with Crippen molar-refractivity contribution in [3.05, 3.63) is 34.4 Å². The standard InChI is InChI=1S/C9H8N4O4/c1-16-9-11-8(12-13-9)10-7(15)5-2-3-6(14)17-4-5/h2-4H,1H3,(H2,10,11,12,13,15). The number of nitrogens with one attached hydrogen (secondary N) is 2. The number of anilines is 1. The second kappa shape index (κ2) is 4.47. The molecule has 88 valence electrons. The summed E-state index contributed by atoms with van der Waals surface area (Å²) in [5.41, 5.74) is -0.331. The van der Waals surface area contributed by atoms with Crippen molar-refractivity contribution in [2.75, 3.05) is 12.4 Å². The van der Waals surface area contributed by atoms with Gasteiger partial charge in [0.2, 0.25) is 5.95 Å². The smallest absolute Gasteiger partial charge is 0.336 e. The van der Waals surface area contributed by atoms with Gasteiger partial charge in [0.05, 0.1) is 12.7 Å². The highest BCUT2D eigenvalue weighted by Crippen LogP contribution is 2.06. The Morgan fingerprint density at radius 2 is 2.35 bits per heavy atom. The number of H-pyrrole nitrogens is 1. The Labute approximate surface area is 94.6 Å². The predicted molar refractivity (Wildman–Crippen MR) is 55.9 cm³/mol. The molecule has 0 aliphatic rings. The molecule has 0 fully saturated rings. The minimum absolute atomic E-state index is 0.111. The van der Waals surface area contributed by atoms with E-state index in [1.54, 1.807) is 0 Å². The van der Waals surface area contributed by atoms with Gasteiger partial charge in [-0.25, -0.2) is 9.89 Å². The van der Waals surface area contributed by atoms with Crippen LogP contribution in [0.1, 0.15) is 10.4 Å². The molecule has 8 nitrogen and oxygen atoms in total. The summed E-state index contributed by atoms with van der Waals surface area (Å²) in [6.07, 6.45) is 1.06. The number of methoxy groups -OCH3 is 1. The van der Waals surface area contributed by atoms with Crippen LogP contribution in [0.15, 0.2) is 27.6 Å². The van der Waals surface area contributed by atoms with Gasteiger partial charge in [-0.3, -0.25) is 10.1 Å². The zero-order valence-corrected chi connectivity index (χ0v) is 8.76. The number of aromatic amines is 1. The Hall–Kier alpha value is -2.64. The van der Waals surface area contributed by atoms with Gasteiger partial charge < -0.3 is 9.15 Å². The quantitative estimate of drug-likeness (QED) is 0.777. The molecule has 2 aromatic heterocycles. The molecule has 2 aromatic rings. The van der Waals surface area contributed by atoms with Gasteiger partial charge in [0.15, 0.2) is 0 Å². The van der Waals surface area contributed by atoms with Crippen molar-refractivity contribution >= 4 is 11.9 Å². The first-order chi connectivity index (χ1) is 8.19. The second-order valence-corrected chi connectivity index (χ2v) is 2.97. The Morgan fingerprint density at radius 3 is 2.94 bits per heavy atom. The van der Waals surface area contributed by atoms with Crippen molar-refractivity contribution in [2.24, 2.45) is 0 Å². The highest BCUT2D eigenvalue weighted by Gasteiger charge is 2.10. The summed E-state index contributed by atoms with van der Waals surface area (Å²) in [5.74, 6) is -0.342. The summed E-state index contributed by atoms with van der Waals surface area (Å²) in [6.45, 7) is 0. The van der Waals surface area contributed by atoms with Crippen molar-refractivity contribution in [1.29, 1.82) is 0 Å². The van der Waals surface area contributed by atoms with Crippen LogP contribution in [0.25, 0.3) is 0 Å². The van der Waals surface area contributed by atoms with Gasteiger partial charge in [0.25, 0.3) is 5.91 Å². The summed E-state index contributed by atoms with van der Waals surface area (Å²) in [5, 5.41) is 8.53. The molecule has 2 rings (SSSR count). The first kappa shape index (κ1) is 10.9. The normalized spacial score (nSPS) is 9.94. The molecule has 17 heavy (non-hydrogen) atoms. The molecular weight excluding hydrogens is 228 g/mol. The Morgan fingerprint density at radius 1 is 1.53 bits per heavy atom. The summed E-state index contributed by atoms with van der Waals surface area (Å²) in [6, 6.07) is 2.60. The fraction of sp³-hybridized carbons (Fsp3) is 0.111. The molecule has 1 amide bonds. The number of ether oxygens (including phenoxy) is 1. The van der Waals surface area contributed by atoms with E-state index in [0.717, 1.165) is 12.3 Å². The van der Waals surface area contributed by atoms with E-state index in [4.69, 9.17) is 4.74 Å². The molecule has 0 spiro atoms. The van der Waals surface area contributed by atoms with Gasteiger partial charge in [-0.15, -0.1) is 5.10 Å². The van der Waals surface area contributed by atoms with Crippen LogP contribution in [-0.2, 0) is 0 Å². The van der Waals surface area contributed by atoms with Gasteiger partial charge >= 0.3 is 11.6 Å². The molecule has 0 unspecified atom stereocenters. The number of hydrogen-bond acceptors (Lipinski definition) is 6. The van der Waals surface area contributed by atoms with Gasteiger partial charge in [-0.1, -0.05) is 0 Å². The lowest BCUT2D eigenvalue weighted by Crippen LogP contribution is -2.13. The Balaban J connectivity index is 2.11. The molecule has 0 atom stereocenters. The average Bonchev–Trinajstić information content (AvgIpc) is 2.77. The van der Waals surface area contributed by atoms with Gasteiger partial charge in [0, 0.05) is 6.07 Å². The zero-order valence-electron chi connectivity index (χ0n) is 8.76. The number of amides is 1. The van der Waals surface area contributed by atoms with Gasteiger partial charge in [-0.2, -0.15) is 4.98 Å². The van der Waals surface area contributed by atoms with Crippen molar-refractivity contribution < 1.29 is 13.9 Å². The fourth-order valence-corrected chi connectivity index (χ4v) is 1.06. The van der Waals surface area contributed by atoms with Crippen LogP contribution in [0.4, 0.5) is 5.95 Å². The van der Waals surface area contributed by atoms with E-state index < -0.39 is 11.5 Å². The van der Waals surface area contributed by atoms with Crippen LogP contribution in [0, 0.1) is 0 Å². The summed E-state index contributed by atoms with van der Waals surface area (Å²) < 4.78 is 9.29. The van der Waals surface area contributed by atoms with E-state index in [1.807, 2.05) is 0 Å². The molecule has 8 heteroatoms. The molecule has 0 saturated carbocycles. The Bertz CT molecular complexity index is 568. The molecule has 0 saturated heterocycles. The largest absolute Gasteiger partial charge is 0.466 e. The van der Waals surface area contributed by atoms with Gasteiger partial charge in [0.1, 0.15) is 6.26 Å². The molecule has 0 aliphatic heterocycles. The maximum Gasteiger partial charge on any atom is 0.336 e. The number of carbonyl (C=O) groups excluding carboxylic acids is 1. The third-order valence-electron chi connectivity index (χ3n) is 1.84. The van der Waals surface area contributed by atoms with Crippen molar-refractivity contribution in [3.8, 4) is 6.01 Å². The fourth-order valence-electron chi connectivity index (χ4n) is 1.06. The van der Waals surface area contributed by atoms with E-state index in [2.05, 4.69) is 24.9 Å². The highest BCUT2D eigenvalue weighted by molar-refractivity contribution is 6.02. The third kappa shape index (κ3) is 2.48. The molecule has 0 aromatic carbocycles. The lowest BCUT2D eigenvalue weighted by molar-refractivity contribution is 0.102. The second-order valence-electron chi connectivity index (χ2n) is 2.97. The van der Waals surface area contributed by atoms with Crippen LogP contribution in [0.3, 0.4) is 0 Å². The summed E-state index contributed by atoms with van der Waals surface area (Å²) in [7, 11) is 1.40. The maximum absolute atomic E-state index is 11.6. The monoisotopic (exact) mass is 236 g/mol. The molecule has 0 bridgehead atoms. The SMILES string of the molecule is COc1n[nH]c(NC(=O)c2ccc(=O)oc2)n1. The van der Waals surface area contributed by atoms with E-state index in [1.165, 1.54) is 13.2 Å². The van der Waals surface area contributed by atoms with Crippen LogP contribution < -0.4 is 15.7 Å². The van der Waals surface area contributed by atoms with Crippen molar-refractivity contribution in [3.63, 3.8) is 0 Å². The number of rotatable bonds is 3. The molecule has 2 N–H and O–H groups in total. The topological polar surface area (TPSA) is 110 Å². The predicted octanol–water partition coefficient (Wildman–Crippen LogP) is 0.0188. The number of aromatic nitrogens is 3. The van der Waals surface area contributed by atoms with E-state index >= 15 is 0 Å². The molecule has 2 heterocycles. The van der Waals surface area contributed by atoms with E-state index in [-0.39, 0.29) is 17.5 Å². The Kier molecular flexibility index (Phi) is 2.86. The molecule has 0 radical (unpaired) electrons. The van der Waals surface area contributed by atoms with Crippen LogP contribution in [-0.4, -0.2) is 28.2 Å². The first-order valence-electron chi connectivity index (χ1n) is 4.55. The molecular formula is C9H8N4O4. The average molecular weight is 236 g/mol. The van der Waals surface area contributed by atoms with Crippen molar-refractivity contribution in [1.82, 2.24) is 15.2 Å². The lowest BCUT2D eigenvalue weighted by atomic mass is 10.3. The van der Waals surface area contributed by atoms with Crippen LogP contribution >= 0.6 is 0 Å². The molecule has 0 aliphatic carbocycles. The maximum atomic E-state index is 11.6. The lowest BCUT2D eigenvalue weighted by Gasteiger charge is -1.99. The number of nitrogens with zero attached hydrogens (tertiary/aromatic N) is 2. The highest BCUT2D eigenvalue weighted by atomic mass is 16.5. The van der Waals surface area contributed by atoms with Crippen LogP contribution in [0.5, 0.6) is 6.01 Å². The first-order valence-corrected chi connectivity index (χ1v) is 4.55. The van der Waals surface area contributed by atoms with Crippen LogP contribution in [0.2, 0.25) is 0 Å². The summed E-state index contributed by atoms with van der Waals surface area (Å²) in [4.78, 5) is 26.1. The van der Waals surface area contributed by atoms with Gasteiger partial charge in [-0.05, 0) is 6.07 Å². The zero-order chi connectivity index (χ0) is 12.3. The number of carbonyl (C=O) groups is 1. The minimum Gasteiger partial charge on any atom is -0.466 e. The third-order valence-corrected chi connectivity index (χ3v) is 1.84. The minimum atomic E-state index is -0.525. The number of hydrogen-bond donors (Lipinski definition) is 2. The van der Waals surface area contributed by atoms with Crippen molar-refractivity contribution in [2.45, 2.75) is 0 Å². The van der Waals surface area contributed by atoms with E-state index in [9.17, 15) is 9.59 Å². The summed E-state index contributed by atoms with van der Waals surface area (Å²) >= 11 is 0. The van der Waals surface area contributed by atoms with E-state index in [0.29, 0.717) is 0 Å².